The van der Waals surface area contributed by atoms with Gasteiger partial charge in [-0.05, 0) is 31.7 Å². The number of nitrogens with one attached hydrogen (secondary N) is 1. The minimum absolute atomic E-state index is 0.744. The third-order valence-corrected chi connectivity index (χ3v) is 5.17. The van der Waals surface area contributed by atoms with Gasteiger partial charge in [-0.1, -0.05) is 33.1 Å². The third-order valence-electron chi connectivity index (χ3n) is 4.01. The van der Waals surface area contributed by atoms with E-state index < -0.39 is 0 Å². The first-order chi connectivity index (χ1) is 8.83. The molecule has 1 saturated carbocycles. The first-order valence-corrected chi connectivity index (χ1v) is 8.30. The summed E-state index contributed by atoms with van der Waals surface area (Å²) in [6, 6.07) is 0. The van der Waals surface area contributed by atoms with Crippen LogP contribution in [0.2, 0.25) is 0 Å². The smallest absolute Gasteiger partial charge is 0.0959 e. The molecule has 1 aromatic heterocycles. The van der Waals surface area contributed by atoms with Gasteiger partial charge in [0.2, 0.25) is 0 Å². The molecule has 1 aromatic rings. The predicted molar refractivity (Wildman–Crippen MR) is 79.1 cm³/mol. The van der Waals surface area contributed by atoms with E-state index in [0.29, 0.717) is 0 Å². The molecule has 2 unspecified atom stereocenters. The molecule has 0 amide bonds. The highest BCUT2D eigenvalue weighted by molar-refractivity contribution is 7.11. The molecule has 1 fully saturated rings. The Morgan fingerprint density at radius 1 is 1.39 bits per heavy atom. The zero-order valence-electron chi connectivity index (χ0n) is 11.7. The molecule has 18 heavy (non-hydrogen) atoms. The van der Waals surface area contributed by atoms with Gasteiger partial charge in [0.1, 0.15) is 0 Å². The molecule has 0 bridgehead atoms. The van der Waals surface area contributed by atoms with Gasteiger partial charge in [0, 0.05) is 23.5 Å². The van der Waals surface area contributed by atoms with Crippen molar-refractivity contribution in [1.82, 2.24) is 10.3 Å². The van der Waals surface area contributed by atoms with Gasteiger partial charge in [0.15, 0.2) is 0 Å². The maximum Gasteiger partial charge on any atom is 0.0959 e. The van der Waals surface area contributed by atoms with Gasteiger partial charge in [-0.25, -0.2) is 4.98 Å². The SMILES string of the molecule is CCCNCc1cnc(C2CCCC(CC)C2)s1. The monoisotopic (exact) mass is 266 g/mol. The highest BCUT2D eigenvalue weighted by Gasteiger charge is 2.24. The van der Waals surface area contributed by atoms with Crippen LogP contribution in [-0.2, 0) is 6.54 Å². The Bertz CT molecular complexity index is 348. The van der Waals surface area contributed by atoms with Crippen molar-refractivity contribution >= 4 is 11.3 Å². The van der Waals surface area contributed by atoms with E-state index in [1.807, 2.05) is 11.3 Å². The number of rotatable bonds is 6. The summed E-state index contributed by atoms with van der Waals surface area (Å²) >= 11 is 1.93. The zero-order chi connectivity index (χ0) is 12.8. The Labute approximate surface area is 115 Å². The van der Waals surface area contributed by atoms with Crippen molar-refractivity contribution in [2.75, 3.05) is 6.54 Å². The highest BCUT2D eigenvalue weighted by atomic mass is 32.1. The van der Waals surface area contributed by atoms with E-state index in [1.54, 1.807) is 0 Å². The Balaban J connectivity index is 1.88. The van der Waals surface area contributed by atoms with Crippen molar-refractivity contribution < 1.29 is 0 Å². The summed E-state index contributed by atoms with van der Waals surface area (Å²) in [5, 5.41) is 4.85. The first-order valence-electron chi connectivity index (χ1n) is 7.48. The number of thiazole rings is 1. The van der Waals surface area contributed by atoms with E-state index >= 15 is 0 Å². The van der Waals surface area contributed by atoms with Gasteiger partial charge in [-0.3, -0.25) is 0 Å². The molecular formula is C15H26N2S. The highest BCUT2D eigenvalue weighted by Crippen LogP contribution is 2.38. The minimum Gasteiger partial charge on any atom is -0.312 e. The van der Waals surface area contributed by atoms with Crippen LogP contribution < -0.4 is 5.32 Å². The molecule has 2 nitrogen and oxygen atoms in total. The quantitative estimate of drug-likeness (QED) is 0.775. The summed E-state index contributed by atoms with van der Waals surface area (Å²) < 4.78 is 0. The lowest BCUT2D eigenvalue weighted by atomic mass is 9.80. The van der Waals surface area contributed by atoms with Gasteiger partial charge >= 0.3 is 0 Å². The fourth-order valence-corrected chi connectivity index (χ4v) is 3.90. The van der Waals surface area contributed by atoms with Crippen LogP contribution in [0.25, 0.3) is 0 Å². The van der Waals surface area contributed by atoms with Crippen LogP contribution in [0.3, 0.4) is 0 Å². The lowest BCUT2D eigenvalue weighted by Crippen LogP contribution is -2.13. The summed E-state index contributed by atoms with van der Waals surface area (Å²) in [6.07, 6.45) is 10.2. The van der Waals surface area contributed by atoms with Crippen LogP contribution in [-0.4, -0.2) is 11.5 Å². The zero-order valence-corrected chi connectivity index (χ0v) is 12.6. The van der Waals surface area contributed by atoms with Crippen molar-refractivity contribution in [2.45, 2.75) is 64.8 Å². The summed E-state index contributed by atoms with van der Waals surface area (Å²) in [4.78, 5) is 6.07. The second-order valence-corrected chi connectivity index (χ2v) is 6.63. The van der Waals surface area contributed by atoms with E-state index in [4.69, 9.17) is 0 Å². The maximum atomic E-state index is 4.67. The Morgan fingerprint density at radius 2 is 2.28 bits per heavy atom. The standard InChI is InChI=1S/C15H26N2S/c1-3-8-16-10-14-11-17-15(18-14)13-7-5-6-12(4-2)9-13/h11-13,16H,3-10H2,1-2H3. The van der Waals surface area contributed by atoms with Crippen LogP contribution in [0.1, 0.15) is 68.2 Å². The van der Waals surface area contributed by atoms with Crippen molar-refractivity contribution in [2.24, 2.45) is 5.92 Å². The molecule has 0 aromatic carbocycles. The number of aromatic nitrogens is 1. The van der Waals surface area contributed by atoms with E-state index in [1.165, 1.54) is 48.4 Å². The molecular weight excluding hydrogens is 240 g/mol. The average molecular weight is 266 g/mol. The van der Waals surface area contributed by atoms with Crippen LogP contribution in [0.4, 0.5) is 0 Å². The second-order valence-electron chi connectivity index (χ2n) is 5.48. The molecule has 2 atom stereocenters. The second kappa shape index (κ2) is 7.25. The van der Waals surface area contributed by atoms with Gasteiger partial charge in [-0.15, -0.1) is 11.3 Å². The molecule has 0 saturated heterocycles. The van der Waals surface area contributed by atoms with Crippen LogP contribution in [0.15, 0.2) is 6.20 Å². The molecule has 1 aliphatic carbocycles. The Morgan fingerprint density at radius 3 is 3.06 bits per heavy atom. The minimum atomic E-state index is 0.744. The molecule has 0 spiro atoms. The topological polar surface area (TPSA) is 24.9 Å². The largest absolute Gasteiger partial charge is 0.312 e. The van der Waals surface area contributed by atoms with E-state index in [0.717, 1.165) is 24.9 Å². The third kappa shape index (κ3) is 3.79. The fraction of sp³-hybridized carbons (Fsp3) is 0.800. The van der Waals surface area contributed by atoms with E-state index in [-0.39, 0.29) is 0 Å². The summed E-state index contributed by atoms with van der Waals surface area (Å²) in [5.74, 6) is 1.68. The fourth-order valence-electron chi connectivity index (χ4n) is 2.87. The van der Waals surface area contributed by atoms with Crippen molar-refractivity contribution in [3.05, 3.63) is 16.1 Å². The summed E-state index contributed by atoms with van der Waals surface area (Å²) in [6.45, 7) is 6.64. The van der Waals surface area contributed by atoms with Crippen molar-refractivity contribution in [3.8, 4) is 0 Å². The lowest BCUT2D eigenvalue weighted by molar-refractivity contribution is 0.314. The molecule has 0 aliphatic heterocycles. The van der Waals surface area contributed by atoms with E-state index in [9.17, 15) is 0 Å². The maximum absolute atomic E-state index is 4.67. The molecule has 102 valence electrons. The molecule has 0 radical (unpaired) electrons. The molecule has 1 heterocycles. The van der Waals surface area contributed by atoms with Gasteiger partial charge in [0.25, 0.3) is 0 Å². The molecule has 2 rings (SSSR count). The van der Waals surface area contributed by atoms with Crippen LogP contribution >= 0.6 is 11.3 Å². The molecule has 1 N–H and O–H groups in total. The first kappa shape index (κ1) is 14.0. The van der Waals surface area contributed by atoms with Crippen molar-refractivity contribution in [1.29, 1.82) is 0 Å². The van der Waals surface area contributed by atoms with Crippen LogP contribution in [0.5, 0.6) is 0 Å². The van der Waals surface area contributed by atoms with Crippen LogP contribution in [0, 0.1) is 5.92 Å². The molecule has 3 heteroatoms. The normalized spacial score (nSPS) is 24.3. The number of hydrogen-bond acceptors (Lipinski definition) is 3. The predicted octanol–water partition coefficient (Wildman–Crippen LogP) is 4.33. The Kier molecular flexibility index (Phi) is 5.64. The number of hydrogen-bond donors (Lipinski definition) is 1. The Hall–Kier alpha value is -0.410. The van der Waals surface area contributed by atoms with Gasteiger partial charge in [-0.2, -0.15) is 0 Å². The van der Waals surface area contributed by atoms with Crippen molar-refractivity contribution in [3.63, 3.8) is 0 Å². The summed E-state index contributed by atoms with van der Waals surface area (Å²) in [7, 11) is 0. The van der Waals surface area contributed by atoms with E-state index in [2.05, 4.69) is 30.3 Å². The average Bonchev–Trinajstić information content (AvgIpc) is 2.88. The van der Waals surface area contributed by atoms with Gasteiger partial charge < -0.3 is 5.32 Å². The van der Waals surface area contributed by atoms with Gasteiger partial charge in [0.05, 0.1) is 5.01 Å². The summed E-state index contributed by atoms with van der Waals surface area (Å²) in [5.41, 5.74) is 0. The number of nitrogens with zero attached hydrogens (tertiary/aromatic N) is 1. The lowest BCUT2D eigenvalue weighted by Gasteiger charge is -2.26. The molecule has 1 aliphatic rings.